The molecule has 0 aromatic carbocycles. The second-order valence-electron chi connectivity index (χ2n) is 6.75. The molecule has 1 saturated heterocycles. The number of halogens is 1. The van der Waals surface area contributed by atoms with Crippen molar-refractivity contribution in [2.24, 2.45) is 0 Å². The number of nitrogens with zero attached hydrogens (tertiary/aromatic N) is 2. The Morgan fingerprint density at radius 3 is 2.48 bits per heavy atom. The van der Waals surface area contributed by atoms with Crippen LogP contribution in [-0.4, -0.2) is 58.5 Å². The maximum Gasteiger partial charge on any atom is 0.410 e. The molecule has 0 N–H and O–H groups in total. The Balaban J connectivity index is 2.74. The molecule has 1 rings (SSSR count). The van der Waals surface area contributed by atoms with E-state index in [4.69, 9.17) is 16.3 Å². The number of carbonyl (C=O) groups is 2. The molecule has 1 atom stereocenters. The van der Waals surface area contributed by atoms with Crippen molar-refractivity contribution in [3.05, 3.63) is 0 Å². The van der Waals surface area contributed by atoms with Gasteiger partial charge in [0.05, 0.1) is 0 Å². The molecule has 21 heavy (non-hydrogen) atoms. The summed E-state index contributed by atoms with van der Waals surface area (Å²) < 4.78 is 5.41. The number of likely N-dealkylation sites (tertiary alicyclic amines) is 1. The highest BCUT2D eigenvalue weighted by Crippen LogP contribution is 2.21. The van der Waals surface area contributed by atoms with Crippen LogP contribution >= 0.6 is 11.6 Å². The number of rotatable bonds is 3. The predicted octanol–water partition coefficient (Wildman–Crippen LogP) is 2.86. The number of hydrogen-bond acceptors (Lipinski definition) is 3. The van der Waals surface area contributed by atoms with E-state index < -0.39 is 5.60 Å². The van der Waals surface area contributed by atoms with Gasteiger partial charge in [0.2, 0.25) is 5.91 Å². The van der Waals surface area contributed by atoms with E-state index in [1.807, 2.05) is 34.6 Å². The summed E-state index contributed by atoms with van der Waals surface area (Å²) in [7, 11) is 0. The molecule has 0 aliphatic carbocycles. The molecule has 1 heterocycles. The van der Waals surface area contributed by atoms with Gasteiger partial charge in [0.1, 0.15) is 11.5 Å². The molecule has 1 fully saturated rings. The van der Waals surface area contributed by atoms with E-state index in [0.717, 1.165) is 12.8 Å². The molecule has 6 heteroatoms. The molecule has 0 radical (unpaired) electrons. The third kappa shape index (κ3) is 5.38. The largest absolute Gasteiger partial charge is 0.444 e. The van der Waals surface area contributed by atoms with Crippen LogP contribution < -0.4 is 0 Å². The van der Waals surface area contributed by atoms with Crippen molar-refractivity contribution in [2.45, 2.75) is 65.1 Å². The fourth-order valence-corrected chi connectivity index (χ4v) is 2.79. The standard InChI is InChI=1S/C15H27ClN2O3/c1-11(2)18(13(19)9-16)12-7-6-8-17(10-12)14(20)21-15(3,4)5/h11-12H,6-10H2,1-5H3/t12-/m0/s1. The Morgan fingerprint density at radius 1 is 1.38 bits per heavy atom. The fraction of sp³-hybridized carbons (Fsp3) is 0.867. The van der Waals surface area contributed by atoms with Crippen LogP contribution in [0.1, 0.15) is 47.5 Å². The van der Waals surface area contributed by atoms with Crippen molar-refractivity contribution in [3.8, 4) is 0 Å². The number of carbonyl (C=O) groups excluding carboxylic acids is 2. The van der Waals surface area contributed by atoms with Crippen LogP contribution in [0.3, 0.4) is 0 Å². The Morgan fingerprint density at radius 2 is 2.00 bits per heavy atom. The number of amides is 2. The molecular weight excluding hydrogens is 292 g/mol. The van der Waals surface area contributed by atoms with E-state index >= 15 is 0 Å². The van der Waals surface area contributed by atoms with Gasteiger partial charge in [-0.25, -0.2) is 4.79 Å². The zero-order valence-electron chi connectivity index (χ0n) is 13.7. The molecule has 0 bridgehead atoms. The maximum absolute atomic E-state index is 12.2. The molecular formula is C15H27ClN2O3. The number of alkyl halides is 1. The smallest absolute Gasteiger partial charge is 0.410 e. The van der Waals surface area contributed by atoms with Crippen LogP contribution in [0, 0.1) is 0 Å². The van der Waals surface area contributed by atoms with Crippen LogP contribution in [0.4, 0.5) is 4.79 Å². The lowest BCUT2D eigenvalue weighted by Crippen LogP contribution is -2.54. The van der Waals surface area contributed by atoms with E-state index in [2.05, 4.69) is 0 Å². The minimum Gasteiger partial charge on any atom is -0.444 e. The third-order valence-electron chi connectivity index (χ3n) is 3.40. The zero-order valence-corrected chi connectivity index (χ0v) is 14.4. The lowest BCUT2D eigenvalue weighted by atomic mass is 10.0. The number of ether oxygens (including phenoxy) is 1. The summed E-state index contributed by atoms with van der Waals surface area (Å²) in [6.45, 7) is 10.7. The Labute approximate surface area is 132 Å². The average molecular weight is 319 g/mol. The molecule has 0 saturated carbocycles. The van der Waals surface area contributed by atoms with Gasteiger partial charge in [0, 0.05) is 25.2 Å². The first-order valence-electron chi connectivity index (χ1n) is 7.50. The lowest BCUT2D eigenvalue weighted by molar-refractivity contribution is -0.134. The van der Waals surface area contributed by atoms with E-state index in [-0.39, 0.29) is 30.0 Å². The van der Waals surface area contributed by atoms with Gasteiger partial charge >= 0.3 is 6.09 Å². The number of piperidine rings is 1. The molecule has 2 amide bonds. The predicted molar refractivity (Wildman–Crippen MR) is 83.5 cm³/mol. The van der Waals surface area contributed by atoms with Gasteiger partial charge in [-0.05, 0) is 47.5 Å². The highest BCUT2D eigenvalue weighted by Gasteiger charge is 2.33. The van der Waals surface area contributed by atoms with Gasteiger partial charge in [-0.15, -0.1) is 11.6 Å². The molecule has 0 aromatic rings. The first kappa shape index (κ1) is 18.1. The molecule has 0 aromatic heterocycles. The van der Waals surface area contributed by atoms with Crippen LogP contribution in [0.15, 0.2) is 0 Å². The van der Waals surface area contributed by atoms with Crippen molar-refractivity contribution >= 4 is 23.6 Å². The monoisotopic (exact) mass is 318 g/mol. The Hall–Kier alpha value is -0.970. The first-order valence-corrected chi connectivity index (χ1v) is 8.04. The molecule has 5 nitrogen and oxygen atoms in total. The normalized spacial score (nSPS) is 19.6. The van der Waals surface area contributed by atoms with Gasteiger partial charge in [0.25, 0.3) is 0 Å². The average Bonchev–Trinajstić information content (AvgIpc) is 2.36. The number of hydrogen-bond donors (Lipinski definition) is 0. The lowest BCUT2D eigenvalue weighted by Gasteiger charge is -2.41. The van der Waals surface area contributed by atoms with Gasteiger partial charge in [-0.1, -0.05) is 0 Å². The summed E-state index contributed by atoms with van der Waals surface area (Å²) in [5, 5.41) is 0. The van der Waals surface area contributed by atoms with Crippen molar-refractivity contribution in [3.63, 3.8) is 0 Å². The molecule has 1 aliphatic rings. The van der Waals surface area contributed by atoms with Gasteiger partial charge in [-0.2, -0.15) is 0 Å². The van der Waals surface area contributed by atoms with Crippen LogP contribution in [0.2, 0.25) is 0 Å². The fourth-order valence-electron chi connectivity index (χ4n) is 2.66. The van der Waals surface area contributed by atoms with Crippen molar-refractivity contribution in [1.82, 2.24) is 9.80 Å². The second kappa shape index (κ2) is 7.34. The van der Waals surface area contributed by atoms with Crippen LogP contribution in [-0.2, 0) is 9.53 Å². The summed E-state index contributed by atoms with van der Waals surface area (Å²) in [6, 6.07) is 0.0809. The Kier molecular flexibility index (Phi) is 6.32. The van der Waals surface area contributed by atoms with Crippen LogP contribution in [0.25, 0.3) is 0 Å². The highest BCUT2D eigenvalue weighted by atomic mass is 35.5. The van der Waals surface area contributed by atoms with E-state index in [1.165, 1.54) is 0 Å². The topological polar surface area (TPSA) is 49.9 Å². The van der Waals surface area contributed by atoms with E-state index in [9.17, 15) is 9.59 Å². The van der Waals surface area contributed by atoms with E-state index in [0.29, 0.717) is 13.1 Å². The van der Waals surface area contributed by atoms with Gasteiger partial charge < -0.3 is 14.5 Å². The minimum atomic E-state index is -0.506. The first-order chi connectivity index (χ1) is 9.65. The second-order valence-corrected chi connectivity index (χ2v) is 7.02. The van der Waals surface area contributed by atoms with Crippen molar-refractivity contribution in [1.29, 1.82) is 0 Å². The maximum atomic E-state index is 12.2. The third-order valence-corrected chi connectivity index (χ3v) is 3.63. The van der Waals surface area contributed by atoms with Crippen molar-refractivity contribution < 1.29 is 14.3 Å². The quantitative estimate of drug-likeness (QED) is 0.752. The van der Waals surface area contributed by atoms with Gasteiger partial charge in [0.15, 0.2) is 0 Å². The van der Waals surface area contributed by atoms with Crippen molar-refractivity contribution in [2.75, 3.05) is 19.0 Å². The van der Waals surface area contributed by atoms with Gasteiger partial charge in [-0.3, -0.25) is 4.79 Å². The highest BCUT2D eigenvalue weighted by molar-refractivity contribution is 6.27. The van der Waals surface area contributed by atoms with E-state index in [1.54, 1.807) is 9.80 Å². The summed E-state index contributed by atoms with van der Waals surface area (Å²) >= 11 is 5.70. The molecule has 1 aliphatic heterocycles. The summed E-state index contributed by atoms with van der Waals surface area (Å²) in [6.07, 6.45) is 1.44. The summed E-state index contributed by atoms with van der Waals surface area (Å²) in [4.78, 5) is 27.7. The molecule has 122 valence electrons. The SMILES string of the molecule is CC(C)N(C(=O)CCl)[C@H]1CCCN(C(=O)OC(C)(C)C)C1. The zero-order chi connectivity index (χ0) is 16.2. The molecule has 0 spiro atoms. The summed E-state index contributed by atoms with van der Waals surface area (Å²) in [5.41, 5.74) is -0.506. The minimum absolute atomic E-state index is 0.0116. The van der Waals surface area contributed by atoms with Crippen LogP contribution in [0.5, 0.6) is 0 Å². The Bertz CT molecular complexity index is 380. The summed E-state index contributed by atoms with van der Waals surface area (Å²) in [5.74, 6) is -0.107. The molecule has 0 unspecified atom stereocenters.